The standard InChI is InChI=1S/C20H23FN2O6S2/c1-14-11-15(21)4-5-18(14)31(27,28)19-13-30(25,26)12-16(19)22-6-8-23(9-7-22)20(24)17-3-2-10-29-17/h2-5,10-11,16,19H,6-9,12-13H2,1H3/t16-,19-/m0/s1. The summed E-state index contributed by atoms with van der Waals surface area (Å²) in [6, 6.07) is 5.87. The van der Waals surface area contributed by atoms with Crippen LogP contribution in [0, 0.1) is 12.7 Å². The minimum absolute atomic E-state index is 0.0485. The second kappa shape index (κ2) is 8.03. The van der Waals surface area contributed by atoms with Crippen LogP contribution in [0.25, 0.3) is 0 Å². The lowest BCUT2D eigenvalue weighted by Gasteiger charge is -2.39. The molecule has 4 rings (SSSR count). The second-order valence-corrected chi connectivity index (χ2v) is 12.2. The quantitative estimate of drug-likeness (QED) is 0.617. The van der Waals surface area contributed by atoms with Crippen molar-refractivity contribution in [2.75, 3.05) is 37.7 Å². The van der Waals surface area contributed by atoms with Crippen molar-refractivity contribution in [2.24, 2.45) is 0 Å². The molecule has 31 heavy (non-hydrogen) atoms. The van der Waals surface area contributed by atoms with Gasteiger partial charge in [0, 0.05) is 32.2 Å². The third-order valence-electron chi connectivity index (χ3n) is 5.92. The summed E-state index contributed by atoms with van der Waals surface area (Å²) in [5.74, 6) is -1.31. The van der Waals surface area contributed by atoms with Crippen LogP contribution in [0.3, 0.4) is 0 Å². The molecule has 0 saturated carbocycles. The molecular weight excluding hydrogens is 447 g/mol. The Morgan fingerprint density at radius 1 is 1.13 bits per heavy atom. The summed E-state index contributed by atoms with van der Waals surface area (Å²) < 4.78 is 70.1. The molecule has 1 aromatic carbocycles. The van der Waals surface area contributed by atoms with Gasteiger partial charge in [0.1, 0.15) is 5.82 Å². The van der Waals surface area contributed by atoms with Crippen molar-refractivity contribution in [3.8, 4) is 0 Å². The lowest BCUT2D eigenvalue weighted by molar-refractivity contribution is 0.0560. The molecule has 2 atom stereocenters. The highest BCUT2D eigenvalue weighted by molar-refractivity contribution is 7.96. The first-order valence-corrected chi connectivity index (χ1v) is 13.2. The molecule has 11 heteroatoms. The maximum Gasteiger partial charge on any atom is 0.289 e. The first kappa shape index (κ1) is 22.0. The molecule has 8 nitrogen and oxygen atoms in total. The molecule has 1 amide bonds. The average molecular weight is 471 g/mol. The fraction of sp³-hybridized carbons (Fsp3) is 0.450. The fourth-order valence-corrected chi connectivity index (χ4v) is 9.40. The zero-order chi connectivity index (χ0) is 22.4. The monoisotopic (exact) mass is 470 g/mol. The van der Waals surface area contributed by atoms with Gasteiger partial charge in [-0.05, 0) is 42.8 Å². The van der Waals surface area contributed by atoms with Crippen molar-refractivity contribution in [1.29, 1.82) is 0 Å². The van der Waals surface area contributed by atoms with Gasteiger partial charge in [-0.3, -0.25) is 9.69 Å². The van der Waals surface area contributed by atoms with Crippen molar-refractivity contribution in [3.63, 3.8) is 0 Å². The molecule has 168 valence electrons. The molecule has 0 bridgehead atoms. The van der Waals surface area contributed by atoms with Gasteiger partial charge in [0.15, 0.2) is 25.4 Å². The zero-order valence-electron chi connectivity index (χ0n) is 16.9. The van der Waals surface area contributed by atoms with Crippen LogP contribution in [0.2, 0.25) is 0 Å². The van der Waals surface area contributed by atoms with E-state index in [1.807, 2.05) is 4.90 Å². The van der Waals surface area contributed by atoms with Gasteiger partial charge in [0.05, 0.1) is 27.9 Å². The number of nitrogens with zero attached hydrogens (tertiary/aromatic N) is 2. The van der Waals surface area contributed by atoms with Crippen LogP contribution in [-0.2, 0) is 19.7 Å². The third kappa shape index (κ3) is 4.26. The van der Waals surface area contributed by atoms with Gasteiger partial charge < -0.3 is 9.32 Å². The summed E-state index contributed by atoms with van der Waals surface area (Å²) in [6.45, 7) is 2.85. The number of halogens is 1. The SMILES string of the molecule is Cc1cc(F)ccc1S(=O)(=O)[C@H]1CS(=O)(=O)C[C@@H]1N1CCN(C(=O)c2ccco2)CC1. The molecule has 3 heterocycles. The Balaban J connectivity index is 1.55. The number of piperazine rings is 1. The van der Waals surface area contributed by atoms with Crippen LogP contribution >= 0.6 is 0 Å². The highest BCUT2D eigenvalue weighted by Crippen LogP contribution is 2.31. The first-order chi connectivity index (χ1) is 14.6. The molecule has 0 spiro atoms. The number of aryl methyl sites for hydroxylation is 1. The van der Waals surface area contributed by atoms with E-state index in [1.54, 1.807) is 17.0 Å². The van der Waals surface area contributed by atoms with Crippen LogP contribution in [0.5, 0.6) is 0 Å². The molecule has 2 aliphatic heterocycles. The predicted molar refractivity (Wildman–Crippen MR) is 111 cm³/mol. The van der Waals surface area contributed by atoms with Crippen molar-refractivity contribution in [2.45, 2.75) is 23.1 Å². The number of sulfone groups is 2. The van der Waals surface area contributed by atoms with E-state index >= 15 is 0 Å². The molecule has 0 N–H and O–H groups in total. The van der Waals surface area contributed by atoms with Gasteiger partial charge >= 0.3 is 0 Å². The highest BCUT2D eigenvalue weighted by atomic mass is 32.2. The van der Waals surface area contributed by atoms with E-state index in [1.165, 1.54) is 19.3 Å². The zero-order valence-corrected chi connectivity index (χ0v) is 18.5. The Kier molecular flexibility index (Phi) is 5.69. The molecule has 1 aromatic heterocycles. The largest absolute Gasteiger partial charge is 0.459 e. The Labute approximate surface area is 180 Å². The Hall–Kier alpha value is -2.24. The molecule has 0 radical (unpaired) electrons. The summed E-state index contributed by atoms with van der Waals surface area (Å²) >= 11 is 0. The van der Waals surface area contributed by atoms with Crippen LogP contribution < -0.4 is 0 Å². The number of amides is 1. The molecular formula is C20H23FN2O6S2. The second-order valence-electron chi connectivity index (χ2n) is 7.94. The molecule has 0 aliphatic carbocycles. The van der Waals surface area contributed by atoms with Crippen molar-refractivity contribution < 1.29 is 30.4 Å². The van der Waals surface area contributed by atoms with Gasteiger partial charge in [0.25, 0.3) is 5.91 Å². The van der Waals surface area contributed by atoms with Gasteiger partial charge in [-0.15, -0.1) is 0 Å². The van der Waals surface area contributed by atoms with E-state index in [9.17, 15) is 26.0 Å². The Morgan fingerprint density at radius 2 is 1.84 bits per heavy atom. The van der Waals surface area contributed by atoms with Gasteiger partial charge in [0.2, 0.25) is 0 Å². The lowest BCUT2D eigenvalue weighted by atomic mass is 10.2. The topological polar surface area (TPSA) is 105 Å². The molecule has 2 aliphatic rings. The Morgan fingerprint density at radius 3 is 2.45 bits per heavy atom. The van der Waals surface area contributed by atoms with Crippen LogP contribution in [0.1, 0.15) is 16.1 Å². The van der Waals surface area contributed by atoms with Crippen molar-refractivity contribution in [1.82, 2.24) is 9.80 Å². The van der Waals surface area contributed by atoms with Crippen LogP contribution in [-0.4, -0.2) is 81.5 Å². The first-order valence-electron chi connectivity index (χ1n) is 9.86. The number of benzene rings is 1. The fourth-order valence-electron chi connectivity index (χ4n) is 4.34. The molecule has 2 fully saturated rings. The van der Waals surface area contributed by atoms with Crippen LogP contribution in [0.4, 0.5) is 4.39 Å². The van der Waals surface area contributed by atoms with E-state index < -0.39 is 42.5 Å². The molecule has 2 saturated heterocycles. The van der Waals surface area contributed by atoms with E-state index in [2.05, 4.69) is 0 Å². The minimum Gasteiger partial charge on any atom is -0.459 e. The van der Waals surface area contributed by atoms with E-state index in [0.29, 0.717) is 26.2 Å². The third-order valence-corrected chi connectivity index (χ3v) is 10.2. The number of furan rings is 1. The van der Waals surface area contributed by atoms with Gasteiger partial charge in [-0.2, -0.15) is 0 Å². The maximum atomic E-state index is 13.5. The number of hydrogen-bond acceptors (Lipinski definition) is 7. The average Bonchev–Trinajstić information content (AvgIpc) is 3.35. The molecule has 0 unspecified atom stereocenters. The number of carbonyl (C=O) groups excluding carboxylic acids is 1. The highest BCUT2D eigenvalue weighted by Gasteiger charge is 2.49. The Bertz CT molecular complexity index is 1190. The van der Waals surface area contributed by atoms with Crippen molar-refractivity contribution in [3.05, 3.63) is 53.7 Å². The predicted octanol–water partition coefficient (Wildman–Crippen LogP) is 1.12. The number of hydrogen-bond donors (Lipinski definition) is 0. The smallest absolute Gasteiger partial charge is 0.289 e. The molecule has 2 aromatic rings. The number of rotatable bonds is 4. The van der Waals surface area contributed by atoms with E-state index in [-0.39, 0.29) is 27.9 Å². The summed E-state index contributed by atoms with van der Waals surface area (Å²) in [5.41, 5.74) is 0.247. The maximum absolute atomic E-state index is 13.5. The lowest BCUT2D eigenvalue weighted by Crippen LogP contribution is -2.55. The van der Waals surface area contributed by atoms with E-state index in [4.69, 9.17) is 4.42 Å². The van der Waals surface area contributed by atoms with Gasteiger partial charge in [-0.25, -0.2) is 21.2 Å². The summed E-state index contributed by atoms with van der Waals surface area (Å²) in [7, 11) is -7.57. The minimum atomic E-state index is -4.00. The van der Waals surface area contributed by atoms with Crippen LogP contribution in [0.15, 0.2) is 45.9 Å². The number of carbonyl (C=O) groups is 1. The summed E-state index contributed by atoms with van der Waals surface area (Å²) in [5, 5.41) is -1.14. The summed E-state index contributed by atoms with van der Waals surface area (Å²) in [4.78, 5) is 15.8. The summed E-state index contributed by atoms with van der Waals surface area (Å²) in [6.07, 6.45) is 1.42. The normalized spacial score (nSPS) is 24.4. The van der Waals surface area contributed by atoms with Gasteiger partial charge in [-0.1, -0.05) is 0 Å². The van der Waals surface area contributed by atoms with E-state index in [0.717, 1.165) is 12.1 Å². The van der Waals surface area contributed by atoms with Crippen molar-refractivity contribution >= 4 is 25.6 Å².